The lowest BCUT2D eigenvalue weighted by Gasteiger charge is -1.94. The quantitative estimate of drug-likeness (QED) is 0.464. The van der Waals surface area contributed by atoms with E-state index in [0.717, 1.165) is 6.42 Å². The molecule has 0 aliphatic heterocycles. The van der Waals surface area contributed by atoms with Crippen LogP contribution < -0.4 is 5.73 Å². The fourth-order valence-corrected chi connectivity index (χ4v) is 0.570. The molecule has 2 heteroatoms. The average molecular weight is 138 g/mol. The lowest BCUT2D eigenvalue weighted by atomic mass is 10.2. The molecular weight excluding hydrogens is 124 g/mol. The molecule has 0 heterocycles. The van der Waals surface area contributed by atoms with Crippen molar-refractivity contribution in [3.63, 3.8) is 0 Å². The first-order chi connectivity index (χ1) is 4.85. The fraction of sp³-hybridized carbons (Fsp3) is 0.375. The number of hydrogen-bond acceptors (Lipinski definition) is 2. The van der Waals surface area contributed by atoms with E-state index < -0.39 is 0 Å². The van der Waals surface area contributed by atoms with Crippen LogP contribution in [0.5, 0.6) is 0 Å². The maximum atomic E-state index is 5.42. The van der Waals surface area contributed by atoms with Crippen molar-refractivity contribution in [3.05, 3.63) is 23.9 Å². The van der Waals surface area contributed by atoms with E-state index in [-0.39, 0.29) is 0 Å². The lowest BCUT2D eigenvalue weighted by molar-refractivity contribution is 1.01. The van der Waals surface area contributed by atoms with E-state index in [0.29, 0.717) is 6.54 Å². The van der Waals surface area contributed by atoms with Crippen LogP contribution in [0, 0.1) is 0 Å². The lowest BCUT2D eigenvalue weighted by Crippen LogP contribution is -2.01. The van der Waals surface area contributed by atoms with E-state index in [9.17, 15) is 0 Å². The van der Waals surface area contributed by atoms with Crippen LogP contribution in [0.1, 0.15) is 13.3 Å². The maximum absolute atomic E-state index is 5.42. The van der Waals surface area contributed by atoms with Crippen LogP contribution >= 0.6 is 0 Å². The summed E-state index contributed by atoms with van der Waals surface area (Å²) in [7, 11) is 0. The second-order valence-corrected chi connectivity index (χ2v) is 1.91. The van der Waals surface area contributed by atoms with Gasteiger partial charge >= 0.3 is 0 Å². The minimum atomic E-state index is 0.623. The van der Waals surface area contributed by atoms with E-state index in [2.05, 4.69) is 18.6 Å². The summed E-state index contributed by atoms with van der Waals surface area (Å²) in [5.41, 5.74) is 6.64. The molecule has 0 radical (unpaired) electrons. The highest BCUT2D eigenvalue weighted by molar-refractivity contribution is 5.26. The van der Waals surface area contributed by atoms with Gasteiger partial charge in [0.2, 0.25) is 0 Å². The zero-order valence-corrected chi connectivity index (χ0v) is 6.38. The van der Waals surface area contributed by atoms with Gasteiger partial charge in [-0.3, -0.25) is 4.99 Å². The fourth-order valence-electron chi connectivity index (χ4n) is 0.570. The minimum Gasteiger partial charge on any atom is -0.327 e. The second-order valence-electron chi connectivity index (χ2n) is 1.91. The van der Waals surface area contributed by atoms with Gasteiger partial charge in [0, 0.05) is 12.7 Å². The molecule has 0 atom stereocenters. The molecule has 0 aliphatic rings. The van der Waals surface area contributed by atoms with Gasteiger partial charge in [0.05, 0.1) is 0 Å². The molecule has 0 rings (SSSR count). The van der Waals surface area contributed by atoms with Gasteiger partial charge < -0.3 is 5.73 Å². The number of nitrogens with zero attached hydrogens (tertiary/aromatic N) is 1. The van der Waals surface area contributed by atoms with Crippen LogP contribution in [0.15, 0.2) is 28.9 Å². The van der Waals surface area contributed by atoms with Crippen molar-refractivity contribution in [3.8, 4) is 0 Å². The molecule has 0 spiro atoms. The molecule has 0 amide bonds. The van der Waals surface area contributed by atoms with Crippen LogP contribution in [0.25, 0.3) is 0 Å². The summed E-state index contributed by atoms with van der Waals surface area (Å²) < 4.78 is 0. The van der Waals surface area contributed by atoms with E-state index in [1.807, 2.05) is 12.2 Å². The Morgan fingerprint density at radius 3 is 2.80 bits per heavy atom. The van der Waals surface area contributed by atoms with Gasteiger partial charge in [-0.05, 0) is 19.2 Å². The number of hydrogen-bond donors (Lipinski definition) is 1. The van der Waals surface area contributed by atoms with Gasteiger partial charge in [0.25, 0.3) is 0 Å². The molecule has 0 saturated carbocycles. The maximum Gasteiger partial charge on any atom is 0.0260 e. The largest absolute Gasteiger partial charge is 0.327 e. The molecule has 0 aliphatic carbocycles. The SMILES string of the molecule is C=N/C=C\C=C(/CC)CN. The van der Waals surface area contributed by atoms with E-state index in [1.54, 1.807) is 6.20 Å². The Morgan fingerprint density at radius 2 is 2.40 bits per heavy atom. The van der Waals surface area contributed by atoms with Gasteiger partial charge in [0.1, 0.15) is 0 Å². The van der Waals surface area contributed by atoms with Crippen molar-refractivity contribution in [2.75, 3.05) is 6.54 Å². The summed E-state index contributed by atoms with van der Waals surface area (Å²) in [5, 5.41) is 0. The van der Waals surface area contributed by atoms with E-state index >= 15 is 0 Å². The highest BCUT2D eigenvalue weighted by atomic mass is 14.6. The molecule has 56 valence electrons. The molecule has 0 fully saturated rings. The number of allylic oxidation sites excluding steroid dienone is 2. The normalized spacial score (nSPS) is 12.4. The molecule has 0 unspecified atom stereocenters. The predicted molar refractivity (Wildman–Crippen MR) is 46.1 cm³/mol. The standard InChI is InChI=1S/C8H14N2/c1-3-8(7-9)5-4-6-10-2/h4-6H,2-3,7,9H2,1H3/b6-4-,8-5+. The number of rotatable bonds is 4. The van der Waals surface area contributed by atoms with E-state index in [1.165, 1.54) is 5.57 Å². The van der Waals surface area contributed by atoms with Crippen LogP contribution in [0.4, 0.5) is 0 Å². The zero-order valence-electron chi connectivity index (χ0n) is 6.38. The average Bonchev–Trinajstić information content (AvgIpc) is 1.99. The first kappa shape index (κ1) is 9.11. The Morgan fingerprint density at radius 1 is 1.70 bits per heavy atom. The van der Waals surface area contributed by atoms with Crippen molar-refractivity contribution < 1.29 is 0 Å². The first-order valence-electron chi connectivity index (χ1n) is 3.35. The van der Waals surface area contributed by atoms with Gasteiger partial charge in [-0.25, -0.2) is 0 Å². The molecular formula is C8H14N2. The van der Waals surface area contributed by atoms with Gasteiger partial charge in [-0.15, -0.1) is 0 Å². The summed E-state index contributed by atoms with van der Waals surface area (Å²) >= 11 is 0. The summed E-state index contributed by atoms with van der Waals surface area (Å²) in [6.45, 7) is 6.01. The third-order valence-electron chi connectivity index (χ3n) is 1.24. The second kappa shape index (κ2) is 6.23. The molecule has 0 aromatic rings. The Labute approximate surface area is 62.1 Å². The molecule has 2 nitrogen and oxygen atoms in total. The van der Waals surface area contributed by atoms with Crippen LogP contribution in [-0.2, 0) is 0 Å². The highest BCUT2D eigenvalue weighted by Gasteiger charge is 1.84. The number of nitrogens with two attached hydrogens (primary N) is 1. The summed E-state index contributed by atoms with van der Waals surface area (Å²) in [5.74, 6) is 0. The molecule has 0 saturated heterocycles. The van der Waals surface area contributed by atoms with E-state index in [4.69, 9.17) is 5.73 Å². The smallest absolute Gasteiger partial charge is 0.0260 e. The summed E-state index contributed by atoms with van der Waals surface area (Å²) in [4.78, 5) is 3.56. The molecule has 0 bridgehead atoms. The van der Waals surface area contributed by atoms with Crippen molar-refractivity contribution in [2.24, 2.45) is 10.7 Å². The van der Waals surface area contributed by atoms with Gasteiger partial charge in [-0.2, -0.15) is 0 Å². The topological polar surface area (TPSA) is 38.4 Å². The molecule has 2 N–H and O–H groups in total. The first-order valence-corrected chi connectivity index (χ1v) is 3.35. The summed E-state index contributed by atoms with van der Waals surface area (Å²) in [6.07, 6.45) is 6.46. The third kappa shape index (κ3) is 4.04. The molecule has 10 heavy (non-hydrogen) atoms. The van der Waals surface area contributed by atoms with Crippen LogP contribution in [0.2, 0.25) is 0 Å². The Kier molecular flexibility index (Phi) is 5.68. The molecule has 0 aromatic carbocycles. The monoisotopic (exact) mass is 138 g/mol. The zero-order chi connectivity index (χ0) is 7.82. The van der Waals surface area contributed by atoms with Gasteiger partial charge in [-0.1, -0.05) is 18.6 Å². The van der Waals surface area contributed by atoms with Crippen LogP contribution in [0.3, 0.4) is 0 Å². The predicted octanol–water partition coefficient (Wildman–Crippen LogP) is 1.50. The Bertz CT molecular complexity index is 139. The van der Waals surface area contributed by atoms with Crippen molar-refractivity contribution in [1.29, 1.82) is 0 Å². The van der Waals surface area contributed by atoms with Crippen molar-refractivity contribution in [1.82, 2.24) is 0 Å². The van der Waals surface area contributed by atoms with Crippen molar-refractivity contribution in [2.45, 2.75) is 13.3 Å². The van der Waals surface area contributed by atoms with Crippen LogP contribution in [-0.4, -0.2) is 13.3 Å². The Balaban J connectivity index is 3.85. The van der Waals surface area contributed by atoms with Crippen molar-refractivity contribution >= 4 is 6.72 Å². The highest BCUT2D eigenvalue weighted by Crippen LogP contribution is 1.96. The minimum absolute atomic E-state index is 0.623. The summed E-state index contributed by atoms with van der Waals surface area (Å²) in [6, 6.07) is 0. The molecule has 0 aromatic heterocycles. The third-order valence-corrected chi connectivity index (χ3v) is 1.24. The van der Waals surface area contributed by atoms with Gasteiger partial charge in [0.15, 0.2) is 0 Å². The Hall–Kier alpha value is -0.890. The number of aliphatic imine (C=N–C) groups is 1.